The summed E-state index contributed by atoms with van der Waals surface area (Å²) in [6.45, 7) is 0. The standard InChI is InChI=1S/C8H9ClFNS/c1-11(5-12)8-4-6(9)2-3-7(8)10/h2-4,12H,5H2,1H3. The van der Waals surface area contributed by atoms with Crippen molar-refractivity contribution in [1.29, 1.82) is 0 Å². The summed E-state index contributed by atoms with van der Waals surface area (Å²) in [5.74, 6) is 0.174. The van der Waals surface area contributed by atoms with Crippen molar-refractivity contribution >= 4 is 29.9 Å². The molecule has 0 fully saturated rings. The Morgan fingerprint density at radius 1 is 1.58 bits per heavy atom. The molecule has 0 saturated carbocycles. The number of nitrogens with zero attached hydrogens (tertiary/aromatic N) is 1. The predicted molar refractivity (Wildman–Crippen MR) is 53.7 cm³/mol. The summed E-state index contributed by atoms with van der Waals surface area (Å²) >= 11 is 9.72. The zero-order valence-electron chi connectivity index (χ0n) is 6.59. The van der Waals surface area contributed by atoms with Gasteiger partial charge in [0.2, 0.25) is 0 Å². The number of benzene rings is 1. The van der Waals surface area contributed by atoms with Crippen molar-refractivity contribution in [2.24, 2.45) is 0 Å². The van der Waals surface area contributed by atoms with E-state index < -0.39 is 0 Å². The lowest BCUT2D eigenvalue weighted by Gasteiger charge is -2.16. The first-order chi connectivity index (χ1) is 5.65. The molecule has 0 spiro atoms. The van der Waals surface area contributed by atoms with Crippen molar-refractivity contribution in [2.45, 2.75) is 0 Å². The van der Waals surface area contributed by atoms with Gasteiger partial charge in [-0.05, 0) is 18.2 Å². The number of halogens is 2. The monoisotopic (exact) mass is 205 g/mol. The fraction of sp³-hybridized carbons (Fsp3) is 0.250. The summed E-state index contributed by atoms with van der Waals surface area (Å²) < 4.78 is 13.1. The minimum atomic E-state index is -0.282. The van der Waals surface area contributed by atoms with Crippen molar-refractivity contribution in [3.05, 3.63) is 29.0 Å². The molecule has 0 aliphatic rings. The second kappa shape index (κ2) is 4.01. The molecule has 0 radical (unpaired) electrons. The van der Waals surface area contributed by atoms with Gasteiger partial charge < -0.3 is 4.90 Å². The molecule has 0 atom stereocenters. The van der Waals surface area contributed by atoms with E-state index in [-0.39, 0.29) is 5.82 Å². The summed E-state index contributed by atoms with van der Waals surface area (Å²) in [7, 11) is 1.75. The molecule has 0 heterocycles. The average molecular weight is 206 g/mol. The average Bonchev–Trinajstić information content (AvgIpc) is 2.08. The Kier molecular flexibility index (Phi) is 3.23. The summed E-state index contributed by atoms with van der Waals surface area (Å²) in [5, 5.41) is 0.528. The van der Waals surface area contributed by atoms with Crippen LogP contribution in [0.2, 0.25) is 5.02 Å². The zero-order chi connectivity index (χ0) is 9.14. The van der Waals surface area contributed by atoms with Crippen LogP contribution in [0.25, 0.3) is 0 Å². The maximum Gasteiger partial charge on any atom is 0.146 e. The number of anilines is 1. The van der Waals surface area contributed by atoms with Crippen LogP contribution in [0.5, 0.6) is 0 Å². The first kappa shape index (κ1) is 9.68. The van der Waals surface area contributed by atoms with Crippen LogP contribution in [-0.4, -0.2) is 12.9 Å². The van der Waals surface area contributed by atoms with Gasteiger partial charge in [0.25, 0.3) is 0 Å². The summed E-state index contributed by atoms with van der Waals surface area (Å²) in [5.41, 5.74) is 0.470. The third-order valence-corrected chi connectivity index (χ3v) is 2.19. The van der Waals surface area contributed by atoms with Gasteiger partial charge in [0.15, 0.2) is 0 Å². The van der Waals surface area contributed by atoms with Crippen molar-refractivity contribution in [3.8, 4) is 0 Å². The SMILES string of the molecule is CN(CS)c1cc(Cl)ccc1F. The number of thiol groups is 1. The van der Waals surface area contributed by atoms with E-state index in [2.05, 4.69) is 12.6 Å². The van der Waals surface area contributed by atoms with E-state index in [1.807, 2.05) is 0 Å². The Hall–Kier alpha value is -0.410. The van der Waals surface area contributed by atoms with Crippen LogP contribution in [0.3, 0.4) is 0 Å². The lowest BCUT2D eigenvalue weighted by Crippen LogP contribution is -2.15. The Bertz CT molecular complexity index is 280. The summed E-state index contributed by atoms with van der Waals surface area (Å²) in [4.78, 5) is 1.67. The molecule has 0 unspecified atom stereocenters. The fourth-order valence-corrected chi connectivity index (χ4v) is 1.17. The van der Waals surface area contributed by atoms with E-state index in [9.17, 15) is 4.39 Å². The van der Waals surface area contributed by atoms with Gasteiger partial charge in [-0.2, -0.15) is 12.6 Å². The third kappa shape index (κ3) is 2.05. The van der Waals surface area contributed by atoms with Crippen molar-refractivity contribution < 1.29 is 4.39 Å². The Labute approximate surface area is 81.5 Å². The quantitative estimate of drug-likeness (QED) is 0.574. The van der Waals surface area contributed by atoms with Crippen LogP contribution in [0.15, 0.2) is 18.2 Å². The zero-order valence-corrected chi connectivity index (χ0v) is 8.24. The number of hydrogen-bond acceptors (Lipinski definition) is 2. The lowest BCUT2D eigenvalue weighted by molar-refractivity contribution is 0.626. The van der Waals surface area contributed by atoms with Crippen LogP contribution in [-0.2, 0) is 0 Å². The van der Waals surface area contributed by atoms with Gasteiger partial charge in [-0.15, -0.1) is 0 Å². The highest BCUT2D eigenvalue weighted by atomic mass is 35.5. The van der Waals surface area contributed by atoms with E-state index >= 15 is 0 Å². The van der Waals surface area contributed by atoms with Crippen LogP contribution < -0.4 is 4.90 Å². The molecule has 0 bridgehead atoms. The fourth-order valence-electron chi connectivity index (χ4n) is 0.855. The molecule has 4 heteroatoms. The molecule has 0 saturated heterocycles. The molecule has 1 aromatic rings. The first-order valence-corrected chi connectivity index (χ1v) is 4.43. The predicted octanol–water partition coefficient (Wildman–Crippen LogP) is 2.80. The largest absolute Gasteiger partial charge is 0.363 e. The molecule has 12 heavy (non-hydrogen) atoms. The van der Waals surface area contributed by atoms with Crippen molar-refractivity contribution in [2.75, 3.05) is 17.8 Å². The normalized spacial score (nSPS) is 10.0. The molecule has 0 aromatic heterocycles. The minimum absolute atomic E-state index is 0.282. The molecular weight excluding hydrogens is 197 g/mol. The molecule has 1 rings (SSSR count). The summed E-state index contributed by atoms with van der Waals surface area (Å²) in [6, 6.07) is 4.44. The molecule has 1 nitrogen and oxygen atoms in total. The molecule has 66 valence electrons. The number of rotatable bonds is 2. The van der Waals surface area contributed by atoms with Gasteiger partial charge in [-0.3, -0.25) is 0 Å². The first-order valence-electron chi connectivity index (χ1n) is 3.42. The Morgan fingerprint density at radius 2 is 2.25 bits per heavy atom. The Morgan fingerprint density at radius 3 is 2.83 bits per heavy atom. The van der Waals surface area contributed by atoms with Gasteiger partial charge >= 0.3 is 0 Å². The molecular formula is C8H9ClFNS. The van der Waals surface area contributed by atoms with E-state index in [0.717, 1.165) is 0 Å². The minimum Gasteiger partial charge on any atom is -0.363 e. The van der Waals surface area contributed by atoms with Gasteiger partial charge in [0, 0.05) is 12.1 Å². The number of hydrogen-bond donors (Lipinski definition) is 1. The molecule has 0 amide bonds. The third-order valence-electron chi connectivity index (χ3n) is 1.53. The second-order valence-electron chi connectivity index (χ2n) is 2.44. The molecule has 0 aliphatic heterocycles. The van der Waals surface area contributed by atoms with E-state index in [1.54, 1.807) is 18.0 Å². The maximum atomic E-state index is 13.1. The van der Waals surface area contributed by atoms with Crippen LogP contribution in [0, 0.1) is 5.82 Å². The van der Waals surface area contributed by atoms with Crippen molar-refractivity contribution in [3.63, 3.8) is 0 Å². The van der Waals surface area contributed by atoms with Crippen molar-refractivity contribution in [1.82, 2.24) is 0 Å². The molecule has 0 aliphatic carbocycles. The van der Waals surface area contributed by atoms with Crippen LogP contribution in [0.4, 0.5) is 10.1 Å². The van der Waals surface area contributed by atoms with Gasteiger partial charge in [-0.25, -0.2) is 4.39 Å². The Balaban J connectivity index is 3.04. The highest BCUT2D eigenvalue weighted by molar-refractivity contribution is 7.80. The second-order valence-corrected chi connectivity index (χ2v) is 3.15. The van der Waals surface area contributed by atoms with Gasteiger partial charge in [0.1, 0.15) is 5.82 Å². The molecule has 1 aromatic carbocycles. The van der Waals surface area contributed by atoms with E-state index in [0.29, 0.717) is 16.6 Å². The van der Waals surface area contributed by atoms with Crippen LogP contribution >= 0.6 is 24.2 Å². The maximum absolute atomic E-state index is 13.1. The highest BCUT2D eigenvalue weighted by Gasteiger charge is 2.05. The van der Waals surface area contributed by atoms with Crippen LogP contribution in [0.1, 0.15) is 0 Å². The smallest absolute Gasteiger partial charge is 0.146 e. The lowest BCUT2D eigenvalue weighted by atomic mass is 10.3. The summed E-state index contributed by atoms with van der Waals surface area (Å²) in [6.07, 6.45) is 0. The van der Waals surface area contributed by atoms with Gasteiger partial charge in [-0.1, -0.05) is 11.6 Å². The van der Waals surface area contributed by atoms with Gasteiger partial charge in [0.05, 0.1) is 11.6 Å². The topological polar surface area (TPSA) is 3.24 Å². The van der Waals surface area contributed by atoms with E-state index in [4.69, 9.17) is 11.6 Å². The van der Waals surface area contributed by atoms with E-state index in [1.165, 1.54) is 12.1 Å². The highest BCUT2D eigenvalue weighted by Crippen LogP contribution is 2.22. The molecule has 0 N–H and O–H groups in total.